The Kier molecular flexibility index (Phi) is 12.3. The van der Waals surface area contributed by atoms with Gasteiger partial charge in [-0.25, -0.2) is 4.98 Å². The third kappa shape index (κ3) is 9.31. The van der Waals surface area contributed by atoms with E-state index in [0.29, 0.717) is 52.6 Å². The van der Waals surface area contributed by atoms with Crippen LogP contribution in [0, 0.1) is 40.9 Å². The molecule has 42 heavy (non-hydrogen) atoms. The van der Waals surface area contributed by atoms with Crippen LogP contribution in [-0.4, -0.2) is 54.5 Å². The van der Waals surface area contributed by atoms with Crippen molar-refractivity contribution in [3.8, 4) is 6.07 Å². The van der Waals surface area contributed by atoms with E-state index in [2.05, 4.69) is 38.9 Å². The highest BCUT2D eigenvalue weighted by atomic mass is 35.5. The van der Waals surface area contributed by atoms with E-state index in [9.17, 15) is 10.1 Å². The molecule has 2 aromatic rings. The summed E-state index contributed by atoms with van der Waals surface area (Å²) in [5.41, 5.74) is 1.43. The van der Waals surface area contributed by atoms with Crippen molar-refractivity contribution < 1.29 is 4.79 Å². The minimum absolute atomic E-state index is 0.211. The maximum atomic E-state index is 12.3. The highest BCUT2D eigenvalue weighted by Gasteiger charge is 2.30. The first-order valence-electron chi connectivity index (χ1n) is 15.8. The van der Waals surface area contributed by atoms with Gasteiger partial charge in [-0.1, -0.05) is 49.6 Å². The molecule has 3 N–H and O–H groups in total. The lowest BCUT2D eigenvalue weighted by atomic mass is 9.73. The van der Waals surface area contributed by atoms with Gasteiger partial charge in [-0.3, -0.25) is 4.79 Å². The van der Waals surface area contributed by atoms with Gasteiger partial charge < -0.3 is 20.9 Å². The van der Waals surface area contributed by atoms with Crippen LogP contribution < -0.4 is 16.0 Å². The van der Waals surface area contributed by atoms with Crippen molar-refractivity contribution in [2.75, 3.05) is 44.4 Å². The Balaban J connectivity index is 1.27. The SMILES string of the molecule is CCCC1C[C@@H](CNC[C@H]2CC[C@@H](C(=O)N(C)C)CC2)C[C@H](CNc2nc(NCc3ccccc3Cl)ncc2C#N)C1. The molecule has 228 valence electrons. The quantitative estimate of drug-likeness (QED) is 0.249. The molecule has 0 radical (unpaired) electrons. The molecule has 1 amide bonds. The average molecular weight is 594 g/mol. The molecular weight excluding hydrogens is 546 g/mol. The van der Waals surface area contributed by atoms with Crippen LogP contribution in [0.2, 0.25) is 5.02 Å². The number of anilines is 2. The fourth-order valence-electron chi connectivity index (χ4n) is 6.89. The summed E-state index contributed by atoms with van der Waals surface area (Å²) in [5, 5.41) is 20.9. The summed E-state index contributed by atoms with van der Waals surface area (Å²) in [6.07, 6.45) is 12.1. The first kappa shape index (κ1) is 32.0. The van der Waals surface area contributed by atoms with Gasteiger partial charge in [-0.2, -0.15) is 10.2 Å². The second kappa shape index (κ2) is 16.1. The van der Waals surface area contributed by atoms with Gasteiger partial charge in [-0.15, -0.1) is 0 Å². The minimum atomic E-state index is 0.211. The largest absolute Gasteiger partial charge is 0.369 e. The van der Waals surface area contributed by atoms with Crippen LogP contribution in [0.5, 0.6) is 0 Å². The van der Waals surface area contributed by atoms with Gasteiger partial charge in [0, 0.05) is 38.1 Å². The third-order valence-electron chi connectivity index (χ3n) is 9.06. The van der Waals surface area contributed by atoms with Crippen LogP contribution in [0.25, 0.3) is 0 Å². The lowest BCUT2D eigenvalue weighted by Crippen LogP contribution is -2.37. The average Bonchev–Trinajstić information content (AvgIpc) is 2.99. The number of amides is 1. The first-order valence-corrected chi connectivity index (χ1v) is 16.1. The molecule has 2 aliphatic rings. The van der Waals surface area contributed by atoms with E-state index in [1.54, 1.807) is 11.1 Å². The summed E-state index contributed by atoms with van der Waals surface area (Å²) in [7, 11) is 3.73. The van der Waals surface area contributed by atoms with Crippen molar-refractivity contribution in [3.63, 3.8) is 0 Å². The molecule has 8 nitrogen and oxygen atoms in total. The number of carbonyl (C=O) groups excluding carboxylic acids is 1. The van der Waals surface area contributed by atoms with Crippen LogP contribution in [0.3, 0.4) is 0 Å². The van der Waals surface area contributed by atoms with Crippen molar-refractivity contribution in [3.05, 3.63) is 46.6 Å². The lowest BCUT2D eigenvalue weighted by Gasteiger charge is -2.36. The zero-order valence-corrected chi connectivity index (χ0v) is 26.3. The van der Waals surface area contributed by atoms with E-state index in [-0.39, 0.29) is 5.92 Å². The number of nitrogens with zero attached hydrogens (tertiary/aromatic N) is 4. The molecule has 1 unspecified atom stereocenters. The summed E-state index contributed by atoms with van der Waals surface area (Å²) >= 11 is 6.29. The monoisotopic (exact) mass is 593 g/mol. The predicted octanol–water partition coefficient (Wildman–Crippen LogP) is 6.34. The Hall–Kier alpha value is -2.89. The van der Waals surface area contributed by atoms with E-state index in [1.165, 1.54) is 32.1 Å². The molecule has 2 aliphatic carbocycles. The molecule has 1 aromatic carbocycles. The zero-order valence-electron chi connectivity index (χ0n) is 25.5. The maximum Gasteiger partial charge on any atom is 0.225 e. The molecule has 0 aliphatic heterocycles. The van der Waals surface area contributed by atoms with Gasteiger partial charge in [0.05, 0.1) is 6.20 Å². The fraction of sp³-hybridized carbons (Fsp3) is 0.636. The Labute approximate surface area is 257 Å². The van der Waals surface area contributed by atoms with Crippen molar-refractivity contribution in [2.45, 2.75) is 71.3 Å². The summed E-state index contributed by atoms with van der Waals surface area (Å²) in [6.45, 7) is 5.70. The number of nitriles is 1. The topological polar surface area (TPSA) is 106 Å². The van der Waals surface area contributed by atoms with Crippen LogP contribution >= 0.6 is 11.6 Å². The predicted molar refractivity (Wildman–Crippen MR) is 170 cm³/mol. The minimum Gasteiger partial charge on any atom is -0.369 e. The molecule has 0 bridgehead atoms. The second-order valence-corrected chi connectivity index (χ2v) is 13.0. The number of nitrogens with one attached hydrogen (secondary N) is 3. The smallest absolute Gasteiger partial charge is 0.225 e. The Bertz CT molecular complexity index is 1190. The summed E-state index contributed by atoms with van der Waals surface area (Å²) < 4.78 is 0. The maximum absolute atomic E-state index is 12.3. The summed E-state index contributed by atoms with van der Waals surface area (Å²) in [5.74, 6) is 4.17. The van der Waals surface area contributed by atoms with Gasteiger partial charge in [0.2, 0.25) is 11.9 Å². The van der Waals surface area contributed by atoms with Gasteiger partial charge in [-0.05, 0) is 93.3 Å². The van der Waals surface area contributed by atoms with Crippen LogP contribution in [-0.2, 0) is 11.3 Å². The van der Waals surface area contributed by atoms with E-state index in [4.69, 9.17) is 11.6 Å². The Morgan fingerprint density at radius 2 is 1.69 bits per heavy atom. The second-order valence-electron chi connectivity index (χ2n) is 12.6. The normalized spacial score (nSPS) is 24.0. The van der Waals surface area contributed by atoms with Gasteiger partial charge >= 0.3 is 0 Å². The zero-order chi connectivity index (χ0) is 29.9. The number of hydrogen-bond acceptors (Lipinski definition) is 7. The molecular formula is C33H48ClN7O. The van der Waals surface area contributed by atoms with Crippen LogP contribution in [0.4, 0.5) is 11.8 Å². The van der Waals surface area contributed by atoms with E-state index >= 15 is 0 Å². The number of hydrogen-bond donors (Lipinski definition) is 3. The molecule has 1 heterocycles. The van der Waals surface area contributed by atoms with E-state index in [0.717, 1.165) is 56.8 Å². The summed E-state index contributed by atoms with van der Waals surface area (Å²) in [4.78, 5) is 23.0. The molecule has 0 saturated heterocycles. The Morgan fingerprint density at radius 3 is 2.38 bits per heavy atom. The third-order valence-corrected chi connectivity index (χ3v) is 9.43. The number of aromatic nitrogens is 2. The standard InChI is InChI=1S/C33H48ClN7O/c1-4-7-24-14-25(19-36-18-23-10-12-27(13-11-23)32(42)41(2)3)16-26(15-24)20-37-31-29(17-35)22-39-33(40-31)38-21-28-8-5-6-9-30(28)34/h5-6,8-9,22-27,36H,4,7,10-16,18-21H2,1-3H3,(H2,37,38,39,40)/t23-,24?,25-,26-,27+/m1/s1. The first-order chi connectivity index (χ1) is 20.4. The molecule has 9 heteroatoms. The van der Waals surface area contributed by atoms with E-state index < -0.39 is 0 Å². The van der Waals surface area contributed by atoms with Gasteiger partial charge in [0.1, 0.15) is 17.5 Å². The van der Waals surface area contributed by atoms with Crippen molar-refractivity contribution in [1.29, 1.82) is 5.26 Å². The number of rotatable bonds is 13. The highest BCUT2D eigenvalue weighted by Crippen LogP contribution is 2.36. The molecule has 0 spiro atoms. The van der Waals surface area contributed by atoms with Gasteiger partial charge in [0.15, 0.2) is 0 Å². The molecule has 2 saturated carbocycles. The molecule has 2 fully saturated rings. The van der Waals surface area contributed by atoms with Crippen molar-refractivity contribution in [1.82, 2.24) is 20.2 Å². The van der Waals surface area contributed by atoms with Crippen LogP contribution in [0.1, 0.15) is 75.8 Å². The summed E-state index contributed by atoms with van der Waals surface area (Å²) in [6, 6.07) is 9.93. The fourth-order valence-corrected chi connectivity index (χ4v) is 7.09. The number of carbonyl (C=O) groups is 1. The van der Waals surface area contributed by atoms with Crippen molar-refractivity contribution in [2.24, 2.45) is 29.6 Å². The highest BCUT2D eigenvalue weighted by molar-refractivity contribution is 6.31. The van der Waals surface area contributed by atoms with Crippen LogP contribution in [0.15, 0.2) is 30.5 Å². The Morgan fingerprint density at radius 1 is 1.00 bits per heavy atom. The number of benzene rings is 1. The molecule has 1 aromatic heterocycles. The molecule has 3 atom stereocenters. The lowest BCUT2D eigenvalue weighted by molar-refractivity contribution is -0.134. The van der Waals surface area contributed by atoms with E-state index in [1.807, 2.05) is 38.4 Å². The molecule has 4 rings (SSSR count). The van der Waals surface area contributed by atoms with Crippen molar-refractivity contribution >= 4 is 29.3 Å². The number of halogens is 1. The van der Waals surface area contributed by atoms with Gasteiger partial charge in [0.25, 0.3) is 0 Å².